The van der Waals surface area contributed by atoms with Crippen molar-refractivity contribution in [3.8, 4) is 0 Å². The van der Waals surface area contributed by atoms with E-state index >= 15 is 0 Å². The Kier molecular flexibility index (Phi) is 1.94. The third-order valence-electron chi connectivity index (χ3n) is 3.11. The van der Waals surface area contributed by atoms with Crippen molar-refractivity contribution in [3.05, 3.63) is 46.8 Å². The van der Waals surface area contributed by atoms with Crippen LogP contribution in [-0.2, 0) is 6.42 Å². The fourth-order valence-corrected chi connectivity index (χ4v) is 2.38. The maximum atomic E-state index is 13.2. The third kappa shape index (κ3) is 1.41. The van der Waals surface area contributed by atoms with Gasteiger partial charge in [-0.2, -0.15) is 0 Å². The Morgan fingerprint density at radius 1 is 1.20 bits per heavy atom. The van der Waals surface area contributed by atoms with Crippen molar-refractivity contribution in [2.75, 3.05) is 6.54 Å². The highest BCUT2D eigenvalue weighted by molar-refractivity contribution is 6.14. The predicted octanol–water partition coefficient (Wildman–Crippen LogP) is 2.89. The summed E-state index contributed by atoms with van der Waals surface area (Å²) in [6.07, 6.45) is 5.42. The molecule has 1 heterocycles. The molecule has 3 rings (SSSR count). The lowest BCUT2D eigenvalue weighted by atomic mass is 10.00. The Morgan fingerprint density at radius 2 is 2.13 bits per heavy atom. The summed E-state index contributed by atoms with van der Waals surface area (Å²) in [4.78, 5) is 4.46. The van der Waals surface area contributed by atoms with Gasteiger partial charge in [0.1, 0.15) is 5.82 Å². The first kappa shape index (κ1) is 8.84. The van der Waals surface area contributed by atoms with Crippen molar-refractivity contribution >= 4 is 5.71 Å². The molecule has 0 spiro atoms. The zero-order valence-electron chi connectivity index (χ0n) is 8.46. The van der Waals surface area contributed by atoms with Gasteiger partial charge in [-0.1, -0.05) is 12.1 Å². The standard InChI is InChI=1S/C13H12FN/c14-11-5-4-9-2-1-3-10-6-7-15-13(10)12(9)8-11/h4-6,8H,1-3,7H2. The van der Waals surface area contributed by atoms with Crippen LogP contribution in [-0.4, -0.2) is 12.3 Å². The summed E-state index contributed by atoms with van der Waals surface area (Å²) in [6, 6.07) is 5.07. The first-order chi connectivity index (χ1) is 7.34. The number of rotatable bonds is 0. The van der Waals surface area contributed by atoms with Crippen LogP contribution in [0.4, 0.5) is 4.39 Å². The minimum Gasteiger partial charge on any atom is -0.280 e. The third-order valence-corrected chi connectivity index (χ3v) is 3.11. The van der Waals surface area contributed by atoms with Crippen molar-refractivity contribution in [2.24, 2.45) is 4.99 Å². The number of hydrogen-bond donors (Lipinski definition) is 0. The fraction of sp³-hybridized carbons (Fsp3) is 0.308. The van der Waals surface area contributed by atoms with E-state index in [1.165, 1.54) is 11.1 Å². The van der Waals surface area contributed by atoms with Gasteiger partial charge >= 0.3 is 0 Å². The van der Waals surface area contributed by atoms with E-state index in [1.807, 2.05) is 6.07 Å². The van der Waals surface area contributed by atoms with E-state index < -0.39 is 0 Å². The smallest absolute Gasteiger partial charge is 0.123 e. The summed E-state index contributed by atoms with van der Waals surface area (Å²) in [5, 5.41) is 0. The minimum absolute atomic E-state index is 0.162. The lowest BCUT2D eigenvalue weighted by molar-refractivity contribution is 0.626. The molecule has 1 aromatic carbocycles. The number of aryl methyl sites for hydroxylation is 1. The SMILES string of the molecule is Fc1ccc2c(c1)C1=NCC=C1CCC2. The molecule has 0 fully saturated rings. The molecule has 1 aromatic rings. The van der Waals surface area contributed by atoms with Crippen molar-refractivity contribution in [1.82, 2.24) is 0 Å². The molecule has 1 aliphatic heterocycles. The van der Waals surface area contributed by atoms with E-state index in [4.69, 9.17) is 0 Å². The van der Waals surface area contributed by atoms with E-state index in [-0.39, 0.29) is 5.82 Å². The van der Waals surface area contributed by atoms with Gasteiger partial charge in [0.15, 0.2) is 0 Å². The minimum atomic E-state index is -0.162. The van der Waals surface area contributed by atoms with Gasteiger partial charge in [-0.25, -0.2) is 4.39 Å². The summed E-state index contributed by atoms with van der Waals surface area (Å²) >= 11 is 0. The van der Waals surface area contributed by atoms with Crippen LogP contribution < -0.4 is 0 Å². The average Bonchev–Trinajstić information content (AvgIpc) is 2.62. The second-order valence-electron chi connectivity index (χ2n) is 4.07. The number of halogens is 1. The summed E-state index contributed by atoms with van der Waals surface area (Å²) in [7, 11) is 0. The Hall–Kier alpha value is -1.44. The molecule has 0 unspecified atom stereocenters. The van der Waals surface area contributed by atoms with Crippen molar-refractivity contribution in [1.29, 1.82) is 0 Å². The van der Waals surface area contributed by atoms with Crippen molar-refractivity contribution in [3.63, 3.8) is 0 Å². The average molecular weight is 201 g/mol. The number of hydrogen-bond acceptors (Lipinski definition) is 1. The summed E-state index contributed by atoms with van der Waals surface area (Å²) in [5.74, 6) is -0.162. The Bertz CT molecular complexity index is 471. The molecule has 0 atom stereocenters. The quantitative estimate of drug-likeness (QED) is 0.612. The van der Waals surface area contributed by atoms with E-state index in [0.717, 1.165) is 37.1 Å². The molecule has 0 amide bonds. The molecule has 0 N–H and O–H groups in total. The second-order valence-corrected chi connectivity index (χ2v) is 4.07. The van der Waals surface area contributed by atoms with Gasteiger partial charge in [-0.3, -0.25) is 4.99 Å². The van der Waals surface area contributed by atoms with E-state index in [1.54, 1.807) is 12.1 Å². The number of fused-ring (bicyclic) bond motifs is 3. The van der Waals surface area contributed by atoms with Gasteiger partial charge < -0.3 is 0 Å². The lowest BCUT2D eigenvalue weighted by Gasteiger charge is -2.06. The molecule has 0 radical (unpaired) electrons. The zero-order chi connectivity index (χ0) is 10.3. The summed E-state index contributed by atoms with van der Waals surface area (Å²) in [6.45, 7) is 0.765. The van der Waals surface area contributed by atoms with Crippen LogP contribution in [0.5, 0.6) is 0 Å². The molecule has 76 valence electrons. The number of allylic oxidation sites excluding steroid dienone is 1. The van der Waals surface area contributed by atoms with E-state index in [2.05, 4.69) is 11.1 Å². The molecule has 15 heavy (non-hydrogen) atoms. The van der Waals surface area contributed by atoms with Gasteiger partial charge in [0.2, 0.25) is 0 Å². The van der Waals surface area contributed by atoms with Crippen LogP contribution in [0.3, 0.4) is 0 Å². The monoisotopic (exact) mass is 201 g/mol. The van der Waals surface area contributed by atoms with Crippen LogP contribution >= 0.6 is 0 Å². The van der Waals surface area contributed by atoms with E-state index in [0.29, 0.717) is 0 Å². The lowest BCUT2D eigenvalue weighted by Crippen LogP contribution is -2.03. The van der Waals surface area contributed by atoms with Crippen LogP contribution in [0.1, 0.15) is 24.0 Å². The molecular weight excluding hydrogens is 189 g/mol. The Morgan fingerprint density at radius 3 is 3.07 bits per heavy atom. The first-order valence-corrected chi connectivity index (χ1v) is 5.37. The normalized spacial score (nSPS) is 18.7. The van der Waals surface area contributed by atoms with Crippen LogP contribution in [0.2, 0.25) is 0 Å². The summed E-state index contributed by atoms with van der Waals surface area (Å²) < 4.78 is 13.2. The molecular formula is C13H12FN. The zero-order valence-corrected chi connectivity index (χ0v) is 8.46. The maximum Gasteiger partial charge on any atom is 0.123 e. The molecule has 1 aliphatic carbocycles. The van der Waals surface area contributed by atoms with Gasteiger partial charge in [-0.05, 0) is 42.5 Å². The van der Waals surface area contributed by atoms with Crippen molar-refractivity contribution < 1.29 is 4.39 Å². The van der Waals surface area contributed by atoms with Gasteiger partial charge in [-0.15, -0.1) is 0 Å². The highest BCUT2D eigenvalue weighted by atomic mass is 19.1. The van der Waals surface area contributed by atoms with Crippen LogP contribution in [0.25, 0.3) is 0 Å². The van der Waals surface area contributed by atoms with Gasteiger partial charge in [0, 0.05) is 5.56 Å². The van der Waals surface area contributed by atoms with Crippen molar-refractivity contribution in [2.45, 2.75) is 19.3 Å². The Labute approximate surface area is 88.3 Å². The molecule has 0 bridgehead atoms. The first-order valence-electron chi connectivity index (χ1n) is 5.37. The number of aliphatic imine (C=N–C) groups is 1. The maximum absolute atomic E-state index is 13.2. The number of benzene rings is 1. The topological polar surface area (TPSA) is 12.4 Å². The molecule has 2 heteroatoms. The largest absolute Gasteiger partial charge is 0.280 e. The van der Waals surface area contributed by atoms with Gasteiger partial charge in [0.25, 0.3) is 0 Å². The number of nitrogens with zero attached hydrogens (tertiary/aromatic N) is 1. The van der Waals surface area contributed by atoms with Crippen LogP contribution in [0, 0.1) is 5.82 Å². The molecule has 0 saturated carbocycles. The molecule has 0 saturated heterocycles. The highest BCUT2D eigenvalue weighted by Gasteiger charge is 2.20. The van der Waals surface area contributed by atoms with Crippen LogP contribution in [0.15, 0.2) is 34.8 Å². The highest BCUT2D eigenvalue weighted by Crippen LogP contribution is 2.27. The molecule has 0 aromatic heterocycles. The second kappa shape index (κ2) is 3.30. The summed E-state index contributed by atoms with van der Waals surface area (Å²) in [5.41, 5.74) is 4.58. The van der Waals surface area contributed by atoms with E-state index in [9.17, 15) is 4.39 Å². The predicted molar refractivity (Wildman–Crippen MR) is 58.8 cm³/mol. The molecule has 1 nitrogen and oxygen atoms in total. The Balaban J connectivity index is 2.20. The molecule has 2 aliphatic rings. The fourth-order valence-electron chi connectivity index (χ4n) is 2.38. The van der Waals surface area contributed by atoms with Gasteiger partial charge in [0.05, 0.1) is 12.3 Å².